The lowest BCUT2D eigenvalue weighted by Gasteiger charge is -2.26. The molecule has 1 aliphatic heterocycles. The molecule has 2 heterocycles. The number of fused-ring (bicyclic) bond motifs is 1. The van der Waals surface area contributed by atoms with Crippen molar-refractivity contribution in [2.75, 3.05) is 6.61 Å². The number of rotatable bonds is 9. The van der Waals surface area contributed by atoms with E-state index < -0.39 is 12.0 Å². The maximum Gasteiger partial charge on any atom is 0.338 e. The van der Waals surface area contributed by atoms with E-state index in [0.29, 0.717) is 52.7 Å². The molecule has 0 fully saturated rings. The second-order valence-electron chi connectivity index (χ2n) is 10.2. The molecular weight excluding hydrogens is 643 g/mol. The second-order valence-corrected chi connectivity index (χ2v) is 12.5. The van der Waals surface area contributed by atoms with Crippen LogP contribution < -0.4 is 24.4 Å². The third kappa shape index (κ3) is 6.74. The van der Waals surface area contributed by atoms with E-state index in [9.17, 15) is 9.59 Å². The Morgan fingerprint density at radius 1 is 1.05 bits per heavy atom. The van der Waals surface area contributed by atoms with E-state index in [4.69, 9.17) is 49.0 Å². The number of benzene rings is 3. The van der Waals surface area contributed by atoms with Crippen LogP contribution in [0, 0.1) is 0 Å². The van der Waals surface area contributed by atoms with Gasteiger partial charge in [-0.05, 0) is 75.7 Å². The molecule has 1 aliphatic rings. The number of allylic oxidation sites excluding steroid dienone is 1. The molecule has 5 rings (SSSR count). The molecule has 0 saturated heterocycles. The first-order chi connectivity index (χ1) is 21.1. The lowest BCUT2D eigenvalue weighted by molar-refractivity contribution is -0.139. The highest BCUT2D eigenvalue weighted by atomic mass is 35.5. The van der Waals surface area contributed by atoms with Crippen LogP contribution in [-0.2, 0) is 16.1 Å². The van der Waals surface area contributed by atoms with Gasteiger partial charge in [0.05, 0.1) is 38.6 Å². The van der Waals surface area contributed by atoms with Crippen molar-refractivity contribution in [2.45, 2.75) is 46.4 Å². The Labute approximate surface area is 273 Å². The van der Waals surface area contributed by atoms with Crippen molar-refractivity contribution < 1.29 is 19.0 Å². The van der Waals surface area contributed by atoms with Crippen LogP contribution in [0.1, 0.15) is 50.4 Å². The van der Waals surface area contributed by atoms with Crippen molar-refractivity contribution in [3.63, 3.8) is 0 Å². The number of hydrogen-bond donors (Lipinski definition) is 0. The number of carbonyl (C=O) groups is 1. The molecule has 228 valence electrons. The van der Waals surface area contributed by atoms with Crippen LogP contribution in [0.15, 0.2) is 81.7 Å². The molecule has 0 saturated carbocycles. The highest BCUT2D eigenvalue weighted by Gasteiger charge is 2.35. The van der Waals surface area contributed by atoms with E-state index in [-0.39, 0.29) is 30.5 Å². The van der Waals surface area contributed by atoms with Crippen LogP contribution in [0.2, 0.25) is 15.1 Å². The van der Waals surface area contributed by atoms with Gasteiger partial charge < -0.3 is 14.2 Å². The molecule has 44 heavy (non-hydrogen) atoms. The van der Waals surface area contributed by atoms with E-state index in [2.05, 4.69) is 4.99 Å². The van der Waals surface area contributed by atoms with Gasteiger partial charge >= 0.3 is 5.97 Å². The Kier molecular flexibility index (Phi) is 9.85. The van der Waals surface area contributed by atoms with Gasteiger partial charge in [0.2, 0.25) is 0 Å². The zero-order chi connectivity index (χ0) is 31.5. The van der Waals surface area contributed by atoms with Crippen LogP contribution in [0.5, 0.6) is 11.5 Å². The zero-order valence-electron chi connectivity index (χ0n) is 24.4. The Morgan fingerprint density at radius 2 is 1.82 bits per heavy atom. The van der Waals surface area contributed by atoms with Gasteiger partial charge in [0, 0.05) is 16.1 Å². The lowest BCUT2D eigenvalue weighted by Crippen LogP contribution is -2.40. The Morgan fingerprint density at radius 3 is 2.55 bits per heavy atom. The predicted octanol–water partition coefficient (Wildman–Crippen LogP) is 7.12. The van der Waals surface area contributed by atoms with Gasteiger partial charge in [0.1, 0.15) is 24.1 Å². The van der Waals surface area contributed by atoms with Crippen LogP contribution in [0.4, 0.5) is 0 Å². The average Bonchev–Trinajstić information content (AvgIpc) is 3.27. The number of ether oxygens (including phenoxy) is 3. The molecule has 0 N–H and O–H groups in total. The third-order valence-corrected chi connectivity index (χ3v) is 8.69. The summed E-state index contributed by atoms with van der Waals surface area (Å²) in [6, 6.07) is 17.0. The molecular formula is C33H29Cl3N2O5S. The third-order valence-electron chi connectivity index (χ3n) is 6.73. The van der Waals surface area contributed by atoms with Gasteiger partial charge in [0.25, 0.3) is 5.56 Å². The molecule has 0 spiro atoms. The summed E-state index contributed by atoms with van der Waals surface area (Å²) in [5, 5.41) is 1.36. The summed E-state index contributed by atoms with van der Waals surface area (Å²) >= 11 is 19.8. The van der Waals surface area contributed by atoms with Crippen LogP contribution in [-0.4, -0.2) is 23.2 Å². The summed E-state index contributed by atoms with van der Waals surface area (Å²) in [7, 11) is 0. The Balaban J connectivity index is 1.64. The average molecular weight is 672 g/mol. The minimum Gasteiger partial charge on any atom is -0.491 e. The van der Waals surface area contributed by atoms with Gasteiger partial charge in [-0.3, -0.25) is 9.36 Å². The minimum absolute atomic E-state index is 0.131. The molecule has 4 aromatic rings. The van der Waals surface area contributed by atoms with Gasteiger partial charge in [-0.15, -0.1) is 0 Å². The molecule has 0 bridgehead atoms. The summed E-state index contributed by atoms with van der Waals surface area (Å²) in [6.07, 6.45) is 1.59. The first-order valence-corrected chi connectivity index (χ1v) is 15.8. The number of hydrogen-bond acceptors (Lipinski definition) is 7. The topological polar surface area (TPSA) is 79.1 Å². The molecule has 0 unspecified atom stereocenters. The number of esters is 1. The van der Waals surface area contributed by atoms with Crippen LogP contribution in [0.3, 0.4) is 0 Å². The molecule has 1 aromatic heterocycles. The fourth-order valence-corrected chi connectivity index (χ4v) is 6.39. The van der Waals surface area contributed by atoms with Crippen molar-refractivity contribution >= 4 is 58.2 Å². The van der Waals surface area contributed by atoms with Gasteiger partial charge in [-0.25, -0.2) is 9.79 Å². The fraction of sp³-hybridized carbons (Fsp3) is 0.242. The van der Waals surface area contributed by atoms with E-state index in [1.54, 1.807) is 50.3 Å². The van der Waals surface area contributed by atoms with Crippen LogP contribution >= 0.6 is 46.1 Å². The van der Waals surface area contributed by atoms with Crippen molar-refractivity contribution in [1.29, 1.82) is 0 Å². The quantitative estimate of drug-likeness (QED) is 0.177. The SMILES string of the molecule is CCOC(=O)C1=C(C)N=c2s/c(=C\c3cc(Cl)ccc3OCc3ccc(Cl)c(Cl)c3)c(=O)n2[C@@H]1c1ccccc1OC(C)C. The molecule has 0 amide bonds. The first kappa shape index (κ1) is 31.9. The van der Waals surface area contributed by atoms with E-state index >= 15 is 0 Å². The molecule has 0 radical (unpaired) electrons. The minimum atomic E-state index is -0.813. The summed E-state index contributed by atoms with van der Waals surface area (Å²) in [5.41, 5.74) is 2.49. The normalized spacial score (nSPS) is 14.8. The van der Waals surface area contributed by atoms with Gasteiger partial charge in [-0.2, -0.15) is 0 Å². The summed E-state index contributed by atoms with van der Waals surface area (Å²) in [5.74, 6) is 0.536. The molecule has 7 nitrogen and oxygen atoms in total. The number of halogens is 3. The number of nitrogens with zero attached hydrogens (tertiary/aromatic N) is 2. The summed E-state index contributed by atoms with van der Waals surface area (Å²) in [4.78, 5) is 32.6. The highest BCUT2D eigenvalue weighted by Crippen LogP contribution is 2.36. The number of carbonyl (C=O) groups excluding carboxylic acids is 1. The van der Waals surface area contributed by atoms with E-state index in [1.807, 2.05) is 44.2 Å². The monoisotopic (exact) mass is 670 g/mol. The van der Waals surface area contributed by atoms with Crippen molar-refractivity contribution in [3.05, 3.63) is 123 Å². The largest absolute Gasteiger partial charge is 0.491 e. The van der Waals surface area contributed by atoms with E-state index in [0.717, 1.165) is 5.56 Å². The van der Waals surface area contributed by atoms with Crippen LogP contribution in [0.25, 0.3) is 6.08 Å². The lowest BCUT2D eigenvalue weighted by atomic mass is 9.95. The van der Waals surface area contributed by atoms with Crippen molar-refractivity contribution in [3.8, 4) is 11.5 Å². The summed E-state index contributed by atoms with van der Waals surface area (Å²) in [6.45, 7) is 7.71. The zero-order valence-corrected chi connectivity index (χ0v) is 27.5. The molecule has 0 aliphatic carbocycles. The predicted molar refractivity (Wildman–Crippen MR) is 175 cm³/mol. The van der Waals surface area contributed by atoms with Crippen molar-refractivity contribution in [1.82, 2.24) is 4.57 Å². The van der Waals surface area contributed by atoms with Crippen molar-refractivity contribution in [2.24, 2.45) is 4.99 Å². The Bertz CT molecular complexity index is 1950. The fourth-order valence-electron chi connectivity index (χ4n) is 4.85. The highest BCUT2D eigenvalue weighted by molar-refractivity contribution is 7.07. The molecule has 11 heteroatoms. The molecule has 1 atom stereocenters. The second kappa shape index (κ2) is 13.6. The number of aromatic nitrogens is 1. The maximum atomic E-state index is 14.2. The smallest absolute Gasteiger partial charge is 0.338 e. The van der Waals surface area contributed by atoms with Gasteiger partial charge in [-0.1, -0.05) is 70.4 Å². The van der Waals surface area contributed by atoms with Gasteiger partial charge in [0.15, 0.2) is 4.80 Å². The standard InChI is InChI=1S/C33H29Cl3N2O5S/c1-5-41-32(40)29-19(4)37-33-38(30(29)23-8-6-7-9-27(23)43-18(2)3)31(39)28(44-33)16-21-15-22(34)11-13-26(21)42-17-20-10-12-24(35)25(36)14-20/h6-16,18,30H,5,17H2,1-4H3/b28-16-/t30-/m1/s1. The number of para-hydroxylation sites is 1. The summed E-state index contributed by atoms with van der Waals surface area (Å²) < 4.78 is 19.6. The first-order valence-electron chi connectivity index (χ1n) is 13.9. The van der Waals surface area contributed by atoms with E-state index in [1.165, 1.54) is 15.9 Å². The molecule has 3 aromatic carbocycles. The number of thiazole rings is 1. The maximum absolute atomic E-state index is 14.2. The Hall–Kier alpha value is -3.56.